The third-order valence-corrected chi connectivity index (χ3v) is 5.96. The Labute approximate surface area is 144 Å². The monoisotopic (exact) mass is 328 g/mol. The minimum Gasteiger partial charge on any atom is -0.388 e. The summed E-state index contributed by atoms with van der Waals surface area (Å²) in [6.45, 7) is 1.50. The van der Waals surface area contributed by atoms with Crippen LogP contribution in [0, 0.1) is 17.8 Å². The van der Waals surface area contributed by atoms with E-state index in [0.29, 0.717) is 6.04 Å². The van der Waals surface area contributed by atoms with E-state index in [0.717, 1.165) is 43.3 Å². The van der Waals surface area contributed by atoms with Crippen LogP contribution in [0.25, 0.3) is 0 Å². The van der Waals surface area contributed by atoms with Crippen molar-refractivity contribution in [3.63, 3.8) is 0 Å². The number of hydrogen-bond acceptors (Lipinski definition) is 2. The maximum Gasteiger partial charge on any atom is 0.317 e. The number of aliphatic hydroxyl groups is 1. The number of nitrogens with one attached hydrogen (secondary N) is 1. The highest BCUT2D eigenvalue weighted by Gasteiger charge is 2.43. The lowest BCUT2D eigenvalue weighted by Gasteiger charge is -2.35. The third-order valence-electron chi connectivity index (χ3n) is 5.96. The topological polar surface area (TPSA) is 52.6 Å². The van der Waals surface area contributed by atoms with Crippen LogP contribution in [0.15, 0.2) is 30.3 Å². The van der Waals surface area contributed by atoms with Crippen LogP contribution >= 0.6 is 0 Å². The number of urea groups is 1. The average molecular weight is 328 g/mol. The molecule has 2 aliphatic carbocycles. The van der Waals surface area contributed by atoms with Gasteiger partial charge >= 0.3 is 6.03 Å². The van der Waals surface area contributed by atoms with Crippen LogP contribution in [-0.2, 0) is 0 Å². The molecule has 1 aliphatic heterocycles. The number of hydrogen-bond donors (Lipinski definition) is 2. The zero-order valence-electron chi connectivity index (χ0n) is 14.2. The average Bonchev–Trinajstić information content (AvgIpc) is 3.53. The van der Waals surface area contributed by atoms with E-state index in [4.69, 9.17) is 0 Å². The molecule has 0 aromatic heterocycles. The lowest BCUT2D eigenvalue weighted by atomic mass is 9.87. The summed E-state index contributed by atoms with van der Waals surface area (Å²) in [4.78, 5) is 14.5. The number of nitrogens with zero attached hydrogens (tertiary/aromatic N) is 1. The second-order valence-electron chi connectivity index (χ2n) is 7.83. The Kier molecular flexibility index (Phi) is 4.49. The van der Waals surface area contributed by atoms with Crippen molar-refractivity contribution in [1.29, 1.82) is 0 Å². The van der Waals surface area contributed by atoms with E-state index < -0.39 is 6.10 Å². The summed E-state index contributed by atoms with van der Waals surface area (Å²) in [6, 6.07) is 10.4. The van der Waals surface area contributed by atoms with E-state index in [1.54, 1.807) is 0 Å². The first-order chi connectivity index (χ1) is 11.7. The first-order valence-corrected chi connectivity index (χ1v) is 9.51. The number of aliphatic hydroxyl groups excluding tert-OH is 1. The predicted octanol–water partition coefficient (Wildman–Crippen LogP) is 3.33. The highest BCUT2D eigenvalue weighted by Crippen LogP contribution is 2.44. The van der Waals surface area contributed by atoms with Crippen molar-refractivity contribution in [3.8, 4) is 0 Å². The van der Waals surface area contributed by atoms with Crippen molar-refractivity contribution in [3.05, 3.63) is 35.9 Å². The van der Waals surface area contributed by atoms with E-state index in [-0.39, 0.29) is 11.9 Å². The zero-order chi connectivity index (χ0) is 16.5. The lowest BCUT2D eigenvalue weighted by molar-refractivity contribution is 0.0659. The number of benzene rings is 1. The Balaban J connectivity index is 1.28. The molecule has 130 valence electrons. The maximum atomic E-state index is 12.6. The van der Waals surface area contributed by atoms with E-state index in [1.807, 2.05) is 35.2 Å². The zero-order valence-corrected chi connectivity index (χ0v) is 14.2. The van der Waals surface area contributed by atoms with Crippen molar-refractivity contribution in [1.82, 2.24) is 10.2 Å². The largest absolute Gasteiger partial charge is 0.388 e. The number of piperidine rings is 1. The molecular weight excluding hydrogens is 300 g/mol. The van der Waals surface area contributed by atoms with Gasteiger partial charge in [-0.05, 0) is 61.8 Å². The van der Waals surface area contributed by atoms with Gasteiger partial charge in [0, 0.05) is 19.1 Å². The molecule has 1 aromatic rings. The van der Waals surface area contributed by atoms with Gasteiger partial charge in [-0.1, -0.05) is 30.3 Å². The van der Waals surface area contributed by atoms with Crippen LogP contribution in [0.1, 0.15) is 50.2 Å². The van der Waals surface area contributed by atoms with Crippen LogP contribution < -0.4 is 5.32 Å². The van der Waals surface area contributed by atoms with E-state index in [2.05, 4.69) is 5.32 Å². The van der Waals surface area contributed by atoms with Crippen LogP contribution in [0.2, 0.25) is 0 Å². The Morgan fingerprint density at radius 2 is 1.54 bits per heavy atom. The molecule has 1 unspecified atom stereocenters. The summed E-state index contributed by atoms with van der Waals surface area (Å²) in [7, 11) is 0. The lowest BCUT2D eigenvalue weighted by Crippen LogP contribution is -2.49. The van der Waals surface area contributed by atoms with Gasteiger partial charge in [-0.2, -0.15) is 0 Å². The van der Waals surface area contributed by atoms with Crippen molar-refractivity contribution < 1.29 is 9.90 Å². The molecule has 2 saturated carbocycles. The Morgan fingerprint density at radius 3 is 2.08 bits per heavy atom. The Hall–Kier alpha value is -1.55. The summed E-state index contributed by atoms with van der Waals surface area (Å²) in [6.07, 6.45) is 6.48. The van der Waals surface area contributed by atoms with Gasteiger partial charge in [0.15, 0.2) is 0 Å². The quantitative estimate of drug-likeness (QED) is 0.871. The first kappa shape index (κ1) is 15.9. The normalized spacial score (nSPS) is 23.3. The molecule has 4 nitrogen and oxygen atoms in total. The van der Waals surface area contributed by atoms with Gasteiger partial charge in [0.25, 0.3) is 0 Å². The minimum absolute atomic E-state index is 0.117. The summed E-state index contributed by atoms with van der Waals surface area (Å²) < 4.78 is 0. The molecule has 1 heterocycles. The molecule has 4 heteroatoms. The molecule has 1 aromatic carbocycles. The number of carbonyl (C=O) groups is 1. The molecule has 4 rings (SSSR count). The number of rotatable bonds is 5. The highest BCUT2D eigenvalue weighted by molar-refractivity contribution is 5.74. The van der Waals surface area contributed by atoms with Crippen LogP contribution in [-0.4, -0.2) is 35.2 Å². The van der Waals surface area contributed by atoms with Gasteiger partial charge in [-0.3, -0.25) is 0 Å². The standard InChI is InChI=1S/C20H28N2O2/c23-19(16-4-2-1-3-5-16)17-10-12-22(13-11-17)20(24)21-18(14-6-7-14)15-8-9-15/h1-5,14-15,17-19,23H,6-13H2,(H,21,24). The summed E-state index contributed by atoms with van der Waals surface area (Å²) >= 11 is 0. The molecule has 3 aliphatic rings. The van der Waals surface area contributed by atoms with Gasteiger partial charge in [-0.15, -0.1) is 0 Å². The smallest absolute Gasteiger partial charge is 0.317 e. The van der Waals surface area contributed by atoms with E-state index in [1.165, 1.54) is 25.7 Å². The molecule has 0 radical (unpaired) electrons. The maximum absolute atomic E-state index is 12.6. The van der Waals surface area contributed by atoms with Gasteiger partial charge in [0.2, 0.25) is 0 Å². The molecular formula is C20H28N2O2. The third kappa shape index (κ3) is 3.59. The second kappa shape index (κ2) is 6.75. The number of amides is 2. The summed E-state index contributed by atoms with van der Waals surface area (Å²) in [5.74, 6) is 1.72. The summed E-state index contributed by atoms with van der Waals surface area (Å²) in [5, 5.41) is 13.9. The highest BCUT2D eigenvalue weighted by atomic mass is 16.3. The van der Waals surface area contributed by atoms with Crippen molar-refractivity contribution >= 4 is 6.03 Å². The summed E-state index contributed by atoms with van der Waals surface area (Å²) in [5.41, 5.74) is 0.989. The van der Waals surface area contributed by atoms with E-state index in [9.17, 15) is 9.90 Å². The molecule has 24 heavy (non-hydrogen) atoms. The van der Waals surface area contributed by atoms with Gasteiger partial charge in [0.1, 0.15) is 0 Å². The van der Waals surface area contributed by atoms with Crippen molar-refractivity contribution in [2.24, 2.45) is 17.8 Å². The van der Waals surface area contributed by atoms with Crippen molar-refractivity contribution in [2.45, 2.75) is 50.7 Å². The number of carbonyl (C=O) groups excluding carboxylic acids is 1. The molecule has 1 saturated heterocycles. The van der Waals surface area contributed by atoms with E-state index >= 15 is 0 Å². The molecule has 0 bridgehead atoms. The predicted molar refractivity (Wildman–Crippen MR) is 93.5 cm³/mol. The SMILES string of the molecule is O=C(NC(C1CC1)C1CC1)N1CCC(C(O)c2ccccc2)CC1. The van der Waals surface area contributed by atoms with Crippen LogP contribution in [0.3, 0.4) is 0 Å². The van der Waals surface area contributed by atoms with Crippen LogP contribution in [0.5, 0.6) is 0 Å². The molecule has 0 spiro atoms. The van der Waals surface area contributed by atoms with Gasteiger partial charge < -0.3 is 15.3 Å². The minimum atomic E-state index is -0.415. The Morgan fingerprint density at radius 1 is 0.958 bits per heavy atom. The van der Waals surface area contributed by atoms with Gasteiger partial charge in [-0.25, -0.2) is 4.79 Å². The molecule has 1 atom stereocenters. The van der Waals surface area contributed by atoms with Crippen LogP contribution in [0.4, 0.5) is 4.79 Å². The fourth-order valence-electron chi connectivity index (χ4n) is 4.11. The molecule has 2 amide bonds. The Bertz CT molecular complexity index is 548. The first-order valence-electron chi connectivity index (χ1n) is 9.51. The fraction of sp³-hybridized carbons (Fsp3) is 0.650. The second-order valence-corrected chi connectivity index (χ2v) is 7.83. The fourth-order valence-corrected chi connectivity index (χ4v) is 4.11. The number of likely N-dealkylation sites (tertiary alicyclic amines) is 1. The van der Waals surface area contributed by atoms with Gasteiger partial charge in [0.05, 0.1) is 6.10 Å². The molecule has 3 fully saturated rings. The van der Waals surface area contributed by atoms with Crippen molar-refractivity contribution in [2.75, 3.05) is 13.1 Å². The molecule has 2 N–H and O–H groups in total.